The zero-order chi connectivity index (χ0) is 22.7. The van der Waals surface area contributed by atoms with Crippen molar-refractivity contribution in [2.75, 3.05) is 30.4 Å². The minimum Gasteiger partial charge on any atom is -0.382 e. The van der Waals surface area contributed by atoms with Gasteiger partial charge in [-0.1, -0.05) is 0 Å². The van der Waals surface area contributed by atoms with Gasteiger partial charge >= 0.3 is 0 Å². The Hall–Kier alpha value is -3.40. The molecule has 0 radical (unpaired) electrons. The Morgan fingerprint density at radius 2 is 2.12 bits per heavy atom. The fraction of sp³-hybridized carbons (Fsp3) is 0.455. The smallest absolute Gasteiger partial charge is 0.247 e. The Labute approximate surface area is 186 Å². The average Bonchev–Trinajstić information content (AvgIpc) is 2.81. The van der Waals surface area contributed by atoms with Crippen LogP contribution in [0.15, 0.2) is 23.5 Å². The molecule has 4 N–H and O–H groups in total. The second-order valence-electron chi connectivity index (χ2n) is 8.19. The van der Waals surface area contributed by atoms with Crippen LogP contribution in [0, 0.1) is 18.3 Å². The Kier molecular flexibility index (Phi) is 6.40. The van der Waals surface area contributed by atoms with Gasteiger partial charge in [0.2, 0.25) is 5.91 Å². The normalized spacial score (nSPS) is 21.1. The molecule has 168 valence electrons. The van der Waals surface area contributed by atoms with Crippen molar-refractivity contribution >= 4 is 29.7 Å². The monoisotopic (exact) mass is 436 g/mol. The Morgan fingerprint density at radius 3 is 2.81 bits per heavy atom. The highest BCUT2D eigenvalue weighted by molar-refractivity contribution is 6.01. The van der Waals surface area contributed by atoms with Crippen molar-refractivity contribution in [1.82, 2.24) is 15.0 Å². The minimum atomic E-state index is -0.00126. The number of nitrogens with zero attached hydrogens (tertiary/aromatic N) is 5. The fourth-order valence-electron chi connectivity index (χ4n) is 4.29. The number of aliphatic imine (C=N–C) groups is 1. The number of carbonyl (C=O) groups excluding carboxylic acids is 1. The molecule has 10 heteroatoms. The Bertz CT molecular complexity index is 1050. The molecule has 1 saturated carbocycles. The van der Waals surface area contributed by atoms with Gasteiger partial charge in [0.15, 0.2) is 17.5 Å². The zero-order valence-electron chi connectivity index (χ0n) is 18.3. The van der Waals surface area contributed by atoms with Crippen LogP contribution in [0.2, 0.25) is 0 Å². The van der Waals surface area contributed by atoms with E-state index < -0.39 is 0 Å². The number of aryl methyl sites for hydroxylation is 1. The molecule has 0 atom stereocenters. The second-order valence-corrected chi connectivity index (χ2v) is 8.19. The lowest BCUT2D eigenvalue weighted by Crippen LogP contribution is -2.44. The van der Waals surface area contributed by atoms with Crippen molar-refractivity contribution in [3.05, 3.63) is 29.7 Å². The van der Waals surface area contributed by atoms with E-state index in [1.807, 2.05) is 6.92 Å². The predicted molar refractivity (Wildman–Crippen MR) is 123 cm³/mol. The van der Waals surface area contributed by atoms with Crippen LogP contribution >= 0.6 is 0 Å². The zero-order valence-corrected chi connectivity index (χ0v) is 18.3. The molecule has 2 aliphatic rings. The number of aromatic nitrogens is 3. The highest BCUT2D eigenvalue weighted by atomic mass is 16.5. The number of hydrogen-bond donors (Lipinski definition) is 3. The largest absolute Gasteiger partial charge is 0.382 e. The Morgan fingerprint density at radius 1 is 1.34 bits per heavy atom. The lowest BCUT2D eigenvalue weighted by molar-refractivity contribution is -0.117. The first-order valence-electron chi connectivity index (χ1n) is 10.7. The summed E-state index contributed by atoms with van der Waals surface area (Å²) in [7, 11) is 1.76. The number of fused-ring (bicyclic) bond motifs is 1. The second kappa shape index (κ2) is 9.39. The molecule has 1 amide bonds. The van der Waals surface area contributed by atoms with E-state index in [1.165, 1.54) is 0 Å². The van der Waals surface area contributed by atoms with E-state index in [-0.39, 0.29) is 18.3 Å². The maximum absolute atomic E-state index is 12.8. The SMILES string of the molecule is COC1CCC(CN2C(=O)CNc3ncc(-c4cnc(C(N)=NC=N)cc4C)nc32)CC1. The number of methoxy groups -OCH3 is 1. The molecular formula is C22H28N8O2. The van der Waals surface area contributed by atoms with Gasteiger partial charge in [-0.15, -0.1) is 0 Å². The number of nitrogens with one attached hydrogen (secondary N) is 2. The lowest BCUT2D eigenvalue weighted by atomic mass is 9.87. The Balaban J connectivity index is 1.61. The molecule has 2 aromatic heterocycles. The molecule has 0 saturated heterocycles. The van der Waals surface area contributed by atoms with Crippen LogP contribution in [0.1, 0.15) is 36.9 Å². The van der Waals surface area contributed by atoms with E-state index in [2.05, 4.69) is 20.3 Å². The summed E-state index contributed by atoms with van der Waals surface area (Å²) in [6, 6.07) is 1.80. The molecule has 0 aromatic carbocycles. The fourth-order valence-corrected chi connectivity index (χ4v) is 4.29. The van der Waals surface area contributed by atoms with Crippen molar-refractivity contribution in [1.29, 1.82) is 5.41 Å². The van der Waals surface area contributed by atoms with E-state index in [0.717, 1.165) is 43.1 Å². The number of nitrogens with two attached hydrogens (primary N) is 1. The molecule has 2 aromatic rings. The van der Waals surface area contributed by atoms with E-state index in [1.54, 1.807) is 30.5 Å². The molecule has 4 rings (SSSR count). The van der Waals surface area contributed by atoms with Crippen molar-refractivity contribution in [2.24, 2.45) is 16.6 Å². The number of carbonyl (C=O) groups is 1. The third-order valence-corrected chi connectivity index (χ3v) is 6.14. The molecule has 3 heterocycles. The van der Waals surface area contributed by atoms with Gasteiger partial charge in [-0.05, 0) is 50.2 Å². The average molecular weight is 437 g/mol. The topological polar surface area (TPSA) is 142 Å². The van der Waals surface area contributed by atoms with Crippen LogP contribution in [-0.2, 0) is 9.53 Å². The third kappa shape index (κ3) is 4.45. The highest BCUT2D eigenvalue weighted by Gasteiger charge is 2.31. The maximum atomic E-state index is 12.8. The summed E-state index contributed by atoms with van der Waals surface area (Å²) in [6.45, 7) is 2.78. The number of ether oxygens (including phenoxy) is 1. The molecule has 32 heavy (non-hydrogen) atoms. The third-order valence-electron chi connectivity index (χ3n) is 6.14. The van der Waals surface area contributed by atoms with Crippen molar-refractivity contribution in [2.45, 2.75) is 38.7 Å². The summed E-state index contributed by atoms with van der Waals surface area (Å²) in [5, 5.41) is 10.1. The van der Waals surface area contributed by atoms with Crippen LogP contribution in [0.5, 0.6) is 0 Å². The molecule has 1 aliphatic carbocycles. The molecule has 1 aliphatic heterocycles. The first-order valence-corrected chi connectivity index (χ1v) is 10.7. The van der Waals surface area contributed by atoms with Gasteiger partial charge in [-0.3, -0.25) is 20.1 Å². The van der Waals surface area contributed by atoms with E-state index in [4.69, 9.17) is 20.9 Å². The number of rotatable bonds is 6. The van der Waals surface area contributed by atoms with Gasteiger partial charge < -0.3 is 15.8 Å². The van der Waals surface area contributed by atoms with Crippen molar-refractivity contribution < 1.29 is 9.53 Å². The first kappa shape index (κ1) is 21.8. The van der Waals surface area contributed by atoms with Crippen LogP contribution in [0.3, 0.4) is 0 Å². The van der Waals surface area contributed by atoms with Gasteiger partial charge in [-0.2, -0.15) is 0 Å². The maximum Gasteiger partial charge on any atom is 0.247 e. The molecule has 10 nitrogen and oxygen atoms in total. The number of pyridine rings is 1. The molecule has 0 unspecified atom stereocenters. The number of anilines is 2. The summed E-state index contributed by atoms with van der Waals surface area (Å²) in [5.74, 6) is 1.76. The summed E-state index contributed by atoms with van der Waals surface area (Å²) in [5.41, 5.74) is 8.66. The summed E-state index contributed by atoms with van der Waals surface area (Å²) in [6.07, 6.45) is 8.64. The predicted octanol–water partition coefficient (Wildman–Crippen LogP) is 2.12. The van der Waals surface area contributed by atoms with Gasteiger partial charge in [0.25, 0.3) is 0 Å². The van der Waals surface area contributed by atoms with E-state index in [9.17, 15) is 4.79 Å². The summed E-state index contributed by atoms with van der Waals surface area (Å²) in [4.78, 5) is 32.0. The number of hydrogen-bond acceptors (Lipinski definition) is 7. The van der Waals surface area contributed by atoms with Gasteiger partial charge in [0.1, 0.15) is 12.0 Å². The molecule has 0 bridgehead atoms. The minimum absolute atomic E-state index is 0.00126. The summed E-state index contributed by atoms with van der Waals surface area (Å²) < 4.78 is 5.47. The highest BCUT2D eigenvalue weighted by Crippen LogP contribution is 2.33. The van der Waals surface area contributed by atoms with Crippen LogP contribution in [0.4, 0.5) is 11.6 Å². The number of amidine groups is 1. The number of amides is 1. The van der Waals surface area contributed by atoms with Gasteiger partial charge in [0.05, 0.1) is 24.5 Å². The standard InChI is InChI=1S/C22H28N8O2/c1-13-7-17(20(24)28-12-23)25-8-16(13)18-9-26-21-22(29-18)30(19(31)10-27-21)11-14-3-5-15(32-2)6-4-14/h7-9,12,14-15H,3-6,10-11H2,1-2H3,(H,26,27)(H3,23,24,28). The molecule has 1 fully saturated rings. The van der Waals surface area contributed by atoms with Crippen LogP contribution in [-0.4, -0.2) is 59.3 Å². The summed E-state index contributed by atoms with van der Waals surface area (Å²) >= 11 is 0. The molecular weight excluding hydrogens is 408 g/mol. The first-order chi connectivity index (χ1) is 15.5. The van der Waals surface area contributed by atoms with E-state index >= 15 is 0 Å². The lowest BCUT2D eigenvalue weighted by Gasteiger charge is -2.34. The van der Waals surface area contributed by atoms with Gasteiger partial charge in [-0.25, -0.2) is 15.0 Å². The van der Waals surface area contributed by atoms with Crippen molar-refractivity contribution in [3.63, 3.8) is 0 Å². The van der Waals surface area contributed by atoms with Crippen LogP contribution < -0.4 is 16.0 Å². The quantitative estimate of drug-likeness (QED) is 0.465. The van der Waals surface area contributed by atoms with Gasteiger partial charge in [0, 0.05) is 25.4 Å². The van der Waals surface area contributed by atoms with Crippen molar-refractivity contribution in [3.8, 4) is 11.3 Å². The van der Waals surface area contributed by atoms with Crippen LogP contribution in [0.25, 0.3) is 11.3 Å². The molecule has 0 spiro atoms. The van der Waals surface area contributed by atoms with E-state index in [0.29, 0.717) is 41.6 Å².